The summed E-state index contributed by atoms with van der Waals surface area (Å²) < 4.78 is 4.45. The van der Waals surface area contributed by atoms with E-state index in [1.165, 1.54) is 0 Å². The molecule has 0 aliphatic heterocycles. The summed E-state index contributed by atoms with van der Waals surface area (Å²) in [4.78, 5) is 0. The van der Waals surface area contributed by atoms with Crippen molar-refractivity contribution in [2.75, 3.05) is 13.2 Å². The molecule has 2 nitrogen and oxygen atoms in total. The first-order valence-corrected chi connectivity index (χ1v) is 1.99. The van der Waals surface area contributed by atoms with E-state index in [2.05, 4.69) is 11.8 Å². The number of hydrogen-bond donors (Lipinski definition) is 1. The molecule has 6 heavy (non-hydrogen) atoms. The Bertz CT molecular complexity index is 19.5. The highest BCUT2D eigenvalue weighted by Crippen LogP contribution is 1.72. The third-order valence-electron chi connectivity index (χ3n) is 0.493. The lowest BCUT2D eigenvalue weighted by atomic mass is 10.5. The highest BCUT2D eigenvalue weighted by Gasteiger charge is 1.79. The number of nitrogens with two attached hydrogens (primary N) is 1. The third-order valence-corrected chi connectivity index (χ3v) is 0.493. The zero-order valence-electron chi connectivity index (χ0n) is 3.81. The van der Waals surface area contributed by atoms with E-state index >= 15 is 0 Å². The monoisotopic (exact) mass is 88.1 g/mol. The molecule has 0 saturated heterocycles. The van der Waals surface area contributed by atoms with Crippen molar-refractivity contribution in [3.8, 4) is 0 Å². The average Bonchev–Trinajstić information content (AvgIpc) is 1.61. The molecule has 0 aliphatic rings. The fourth-order valence-corrected chi connectivity index (χ4v) is 0.185. The van der Waals surface area contributed by atoms with Gasteiger partial charge in [0, 0.05) is 0 Å². The molecule has 0 rings (SSSR count). The maximum Gasteiger partial charge on any atom is 0.213 e. The summed E-state index contributed by atoms with van der Waals surface area (Å²) >= 11 is 0. The van der Waals surface area contributed by atoms with E-state index in [9.17, 15) is 0 Å². The van der Waals surface area contributed by atoms with Crippen molar-refractivity contribution in [1.82, 2.24) is 0 Å². The summed E-state index contributed by atoms with van der Waals surface area (Å²) in [6, 6.07) is 0. The van der Waals surface area contributed by atoms with E-state index in [0.717, 1.165) is 6.42 Å². The highest BCUT2D eigenvalue weighted by atomic mass is 16.5. The molecule has 0 amide bonds. The first kappa shape index (κ1) is 5.79. The van der Waals surface area contributed by atoms with Gasteiger partial charge in [-0.3, -0.25) is 0 Å². The van der Waals surface area contributed by atoms with Crippen LogP contribution in [-0.4, -0.2) is 13.2 Å². The van der Waals surface area contributed by atoms with Crippen LogP contribution in [-0.2, 0) is 4.74 Å². The van der Waals surface area contributed by atoms with Gasteiger partial charge in [0.05, 0.1) is 6.61 Å². The lowest BCUT2D eigenvalue weighted by Crippen LogP contribution is -2.01. The molecule has 0 unspecified atom stereocenters. The lowest BCUT2D eigenvalue weighted by Gasteiger charge is -1.83. The van der Waals surface area contributed by atoms with Gasteiger partial charge in [-0.25, -0.2) is 0 Å². The van der Waals surface area contributed by atoms with Crippen LogP contribution in [0.4, 0.5) is 0 Å². The number of hydrogen-bond acceptors (Lipinski definition) is 2. The van der Waals surface area contributed by atoms with E-state index in [-0.39, 0.29) is 0 Å². The zero-order chi connectivity index (χ0) is 4.83. The summed E-state index contributed by atoms with van der Waals surface area (Å²) in [5, 5.41) is 0. The maximum absolute atomic E-state index is 5.11. The zero-order valence-corrected chi connectivity index (χ0v) is 3.81. The summed E-state index contributed by atoms with van der Waals surface area (Å²) in [7, 11) is 3.17. The van der Waals surface area contributed by atoms with Crippen LogP contribution in [0.5, 0.6) is 0 Å². The molecule has 0 atom stereocenters. The molecule has 0 saturated carbocycles. The topological polar surface area (TPSA) is 35.2 Å². The van der Waals surface area contributed by atoms with Crippen LogP contribution in [0, 0.1) is 7.11 Å². The number of rotatable bonds is 3. The Kier molecular flexibility index (Phi) is 4.62. The van der Waals surface area contributed by atoms with Crippen molar-refractivity contribution >= 4 is 0 Å². The first-order chi connectivity index (χ1) is 2.91. The van der Waals surface area contributed by atoms with E-state index in [4.69, 9.17) is 5.73 Å². The van der Waals surface area contributed by atoms with Gasteiger partial charge in [0.2, 0.25) is 7.11 Å². The lowest BCUT2D eigenvalue weighted by molar-refractivity contribution is 0.239. The SMILES string of the molecule is [CH2+]OCCCN. The summed E-state index contributed by atoms with van der Waals surface area (Å²) in [6.45, 7) is 1.37. The molecule has 0 fully saturated rings. The van der Waals surface area contributed by atoms with Gasteiger partial charge in [-0.2, -0.15) is 4.74 Å². The Morgan fingerprint density at radius 3 is 2.50 bits per heavy atom. The minimum Gasteiger partial charge on any atom is -0.330 e. The van der Waals surface area contributed by atoms with Gasteiger partial charge in [-0.1, -0.05) is 0 Å². The molecular weight excluding hydrogens is 78.0 g/mol. The molecule has 36 valence electrons. The third kappa shape index (κ3) is 3.79. The summed E-state index contributed by atoms with van der Waals surface area (Å²) in [5.74, 6) is 0. The van der Waals surface area contributed by atoms with Gasteiger partial charge in [0.25, 0.3) is 0 Å². The summed E-state index contributed by atoms with van der Waals surface area (Å²) in [6.07, 6.45) is 0.906. The number of ether oxygens (including phenoxy) is 1. The predicted octanol–water partition coefficient (Wildman–Crippen LogP) is 0.143. The van der Waals surface area contributed by atoms with Gasteiger partial charge >= 0.3 is 0 Å². The van der Waals surface area contributed by atoms with Crippen LogP contribution in [0.2, 0.25) is 0 Å². The van der Waals surface area contributed by atoms with Crippen LogP contribution in [0.25, 0.3) is 0 Å². The normalized spacial score (nSPS) is 8.83. The van der Waals surface area contributed by atoms with Gasteiger partial charge in [-0.15, -0.1) is 0 Å². The van der Waals surface area contributed by atoms with Crippen molar-refractivity contribution in [1.29, 1.82) is 0 Å². The van der Waals surface area contributed by atoms with Gasteiger partial charge in [0.15, 0.2) is 0 Å². The molecule has 0 aliphatic carbocycles. The van der Waals surface area contributed by atoms with Gasteiger partial charge < -0.3 is 5.73 Å². The Labute approximate surface area is 38.3 Å². The first-order valence-electron chi connectivity index (χ1n) is 1.99. The molecule has 0 aromatic heterocycles. The van der Waals surface area contributed by atoms with E-state index in [1.807, 2.05) is 0 Å². The van der Waals surface area contributed by atoms with Crippen molar-refractivity contribution < 1.29 is 4.74 Å². The molecular formula is C4H10NO+. The second kappa shape index (κ2) is 4.79. The van der Waals surface area contributed by atoms with Crippen LogP contribution in [0.15, 0.2) is 0 Å². The predicted molar refractivity (Wildman–Crippen MR) is 25.0 cm³/mol. The second-order valence-corrected chi connectivity index (χ2v) is 1.05. The molecule has 2 heteroatoms. The Hall–Kier alpha value is -0.210. The van der Waals surface area contributed by atoms with Crippen molar-refractivity contribution in [2.45, 2.75) is 6.42 Å². The molecule has 0 bridgehead atoms. The Morgan fingerprint density at radius 2 is 2.33 bits per heavy atom. The van der Waals surface area contributed by atoms with Crippen molar-refractivity contribution in [2.24, 2.45) is 5.73 Å². The van der Waals surface area contributed by atoms with E-state index in [0.29, 0.717) is 13.2 Å². The smallest absolute Gasteiger partial charge is 0.213 e. The second-order valence-electron chi connectivity index (χ2n) is 1.05. The van der Waals surface area contributed by atoms with Gasteiger partial charge in [-0.05, 0) is 13.0 Å². The van der Waals surface area contributed by atoms with Crippen LogP contribution in [0.3, 0.4) is 0 Å². The highest BCUT2D eigenvalue weighted by molar-refractivity contribution is 4.32. The quantitative estimate of drug-likeness (QED) is 0.393. The Morgan fingerprint density at radius 1 is 1.67 bits per heavy atom. The van der Waals surface area contributed by atoms with E-state index in [1.54, 1.807) is 0 Å². The molecule has 0 aromatic rings. The minimum absolute atomic E-state index is 0.677. The minimum atomic E-state index is 0.677. The maximum atomic E-state index is 5.11. The molecule has 0 radical (unpaired) electrons. The molecule has 0 heterocycles. The van der Waals surface area contributed by atoms with Gasteiger partial charge in [0.1, 0.15) is 0 Å². The fraction of sp³-hybridized carbons (Fsp3) is 0.750. The van der Waals surface area contributed by atoms with Crippen molar-refractivity contribution in [3.05, 3.63) is 7.11 Å². The summed E-state index contributed by atoms with van der Waals surface area (Å²) in [5.41, 5.74) is 5.11. The van der Waals surface area contributed by atoms with Crippen LogP contribution < -0.4 is 5.73 Å². The van der Waals surface area contributed by atoms with Crippen LogP contribution >= 0.6 is 0 Å². The molecule has 0 aromatic carbocycles. The van der Waals surface area contributed by atoms with E-state index < -0.39 is 0 Å². The molecule has 2 N–H and O–H groups in total. The standard InChI is InChI=1S/C4H10NO/c1-6-4-2-3-5/h1-5H2/q+1. The Balaban J connectivity index is 2.34. The molecule has 0 spiro atoms. The van der Waals surface area contributed by atoms with Crippen LogP contribution in [0.1, 0.15) is 6.42 Å². The van der Waals surface area contributed by atoms with Crippen molar-refractivity contribution in [3.63, 3.8) is 0 Å². The fourth-order valence-electron chi connectivity index (χ4n) is 0.185. The average molecular weight is 88.1 g/mol. The largest absolute Gasteiger partial charge is 0.330 e.